The average Bonchev–Trinajstić information content (AvgIpc) is 2.95. The molecule has 7 heteroatoms. The van der Waals surface area contributed by atoms with Crippen LogP contribution in [0.4, 0.5) is 0 Å². The molecule has 1 heterocycles. The lowest BCUT2D eigenvalue weighted by Gasteiger charge is -2.36. The van der Waals surface area contributed by atoms with Crippen molar-refractivity contribution in [1.82, 2.24) is 15.5 Å². The Morgan fingerprint density at radius 1 is 0.889 bits per heavy atom. The molecule has 3 amide bonds. The third-order valence-electron chi connectivity index (χ3n) is 6.55. The van der Waals surface area contributed by atoms with E-state index in [0.717, 1.165) is 5.56 Å². The van der Waals surface area contributed by atoms with Crippen molar-refractivity contribution in [3.8, 4) is 5.75 Å². The lowest BCUT2D eigenvalue weighted by molar-refractivity contribution is -0.124. The van der Waals surface area contributed by atoms with Gasteiger partial charge in [-0.2, -0.15) is 0 Å². The maximum atomic E-state index is 13.3. The molecule has 4 rings (SSSR count). The van der Waals surface area contributed by atoms with Crippen molar-refractivity contribution in [1.29, 1.82) is 0 Å². The summed E-state index contributed by atoms with van der Waals surface area (Å²) in [7, 11) is 1.55. The second-order valence-corrected chi connectivity index (χ2v) is 8.85. The van der Waals surface area contributed by atoms with Crippen LogP contribution in [0, 0.1) is 5.92 Å². The minimum atomic E-state index is -0.704. The number of piperidine rings is 1. The fourth-order valence-corrected chi connectivity index (χ4v) is 4.53. The van der Waals surface area contributed by atoms with Crippen molar-refractivity contribution in [2.24, 2.45) is 5.92 Å². The van der Waals surface area contributed by atoms with Crippen molar-refractivity contribution in [2.45, 2.75) is 25.4 Å². The number of carbonyl (C=O) groups excluding carboxylic acids is 3. The van der Waals surface area contributed by atoms with E-state index in [-0.39, 0.29) is 23.6 Å². The van der Waals surface area contributed by atoms with Gasteiger partial charge in [0.2, 0.25) is 5.91 Å². The predicted octanol–water partition coefficient (Wildman–Crippen LogP) is 3.66. The van der Waals surface area contributed by atoms with Crippen molar-refractivity contribution in [3.05, 3.63) is 102 Å². The van der Waals surface area contributed by atoms with Crippen LogP contribution in [0.3, 0.4) is 0 Å². The molecule has 0 bridgehead atoms. The maximum absolute atomic E-state index is 13.3. The molecule has 1 fully saturated rings. The van der Waals surface area contributed by atoms with Crippen molar-refractivity contribution < 1.29 is 19.1 Å². The largest absolute Gasteiger partial charge is 0.496 e. The number of hydrogen-bond acceptors (Lipinski definition) is 4. The molecular weight excluding hydrogens is 454 g/mol. The number of nitrogens with one attached hydrogen (secondary N) is 2. The highest BCUT2D eigenvalue weighted by atomic mass is 16.5. The summed E-state index contributed by atoms with van der Waals surface area (Å²) >= 11 is 0. The van der Waals surface area contributed by atoms with E-state index in [2.05, 4.69) is 10.6 Å². The molecule has 1 aliphatic heterocycles. The smallest absolute Gasteiger partial charge is 0.257 e. The van der Waals surface area contributed by atoms with Gasteiger partial charge in [0, 0.05) is 25.2 Å². The van der Waals surface area contributed by atoms with Gasteiger partial charge >= 0.3 is 0 Å². The maximum Gasteiger partial charge on any atom is 0.257 e. The van der Waals surface area contributed by atoms with Crippen LogP contribution in [-0.4, -0.2) is 48.9 Å². The van der Waals surface area contributed by atoms with Crippen LogP contribution in [0.1, 0.15) is 39.1 Å². The summed E-state index contributed by atoms with van der Waals surface area (Å²) < 4.78 is 5.35. The number of hydrogen-bond donors (Lipinski definition) is 2. The first-order valence-corrected chi connectivity index (χ1v) is 12.2. The average molecular weight is 486 g/mol. The van der Waals surface area contributed by atoms with E-state index in [1.807, 2.05) is 48.5 Å². The summed E-state index contributed by atoms with van der Waals surface area (Å²) in [5.41, 5.74) is 2.01. The Morgan fingerprint density at radius 2 is 1.50 bits per heavy atom. The number of carbonyl (C=O) groups is 3. The number of likely N-dealkylation sites (tertiary alicyclic amines) is 1. The molecule has 0 radical (unpaired) electrons. The quantitative estimate of drug-likeness (QED) is 0.510. The van der Waals surface area contributed by atoms with Crippen LogP contribution in [0.2, 0.25) is 0 Å². The molecule has 0 spiro atoms. The van der Waals surface area contributed by atoms with Crippen LogP contribution in [-0.2, 0) is 11.3 Å². The van der Waals surface area contributed by atoms with Gasteiger partial charge in [-0.3, -0.25) is 14.4 Å². The van der Waals surface area contributed by atoms with Gasteiger partial charge in [0.05, 0.1) is 12.7 Å². The van der Waals surface area contributed by atoms with Gasteiger partial charge in [-0.25, -0.2) is 0 Å². The van der Waals surface area contributed by atoms with E-state index in [4.69, 9.17) is 4.74 Å². The number of para-hydroxylation sites is 1. The molecular formula is C29H31N3O4. The minimum absolute atomic E-state index is 0.0932. The summed E-state index contributed by atoms with van der Waals surface area (Å²) in [6.45, 7) is 1.36. The van der Waals surface area contributed by atoms with Crippen LogP contribution in [0.5, 0.6) is 5.75 Å². The highest BCUT2D eigenvalue weighted by Crippen LogP contribution is 2.25. The van der Waals surface area contributed by atoms with Gasteiger partial charge in [0.15, 0.2) is 0 Å². The predicted molar refractivity (Wildman–Crippen MR) is 138 cm³/mol. The number of rotatable bonds is 8. The van der Waals surface area contributed by atoms with Crippen molar-refractivity contribution in [3.63, 3.8) is 0 Å². The SMILES string of the molecule is COc1ccccc1C(=O)N1CCC([C@@H](NC(=O)c2ccccc2)C(=O)NCc2ccccc2)CC1. The number of methoxy groups -OCH3 is 1. The molecule has 0 saturated carbocycles. The highest BCUT2D eigenvalue weighted by molar-refractivity contribution is 5.98. The fraction of sp³-hybridized carbons (Fsp3) is 0.276. The first-order valence-electron chi connectivity index (χ1n) is 12.2. The number of nitrogens with zero attached hydrogens (tertiary/aromatic N) is 1. The Morgan fingerprint density at radius 3 is 2.17 bits per heavy atom. The number of amides is 3. The molecule has 3 aromatic rings. The molecule has 0 unspecified atom stereocenters. The van der Waals surface area contributed by atoms with E-state index < -0.39 is 6.04 Å². The monoisotopic (exact) mass is 485 g/mol. The van der Waals surface area contributed by atoms with Crippen molar-refractivity contribution in [2.75, 3.05) is 20.2 Å². The summed E-state index contributed by atoms with van der Waals surface area (Å²) in [6, 6.07) is 25.0. The van der Waals surface area contributed by atoms with Crippen LogP contribution < -0.4 is 15.4 Å². The van der Waals surface area contributed by atoms with Gasteiger partial charge in [0.25, 0.3) is 11.8 Å². The van der Waals surface area contributed by atoms with Gasteiger partial charge in [-0.15, -0.1) is 0 Å². The highest BCUT2D eigenvalue weighted by Gasteiger charge is 2.34. The van der Waals surface area contributed by atoms with Gasteiger partial charge < -0.3 is 20.3 Å². The van der Waals surface area contributed by atoms with Crippen molar-refractivity contribution >= 4 is 17.7 Å². The Bertz CT molecular complexity index is 1180. The number of ether oxygens (including phenoxy) is 1. The zero-order valence-electron chi connectivity index (χ0n) is 20.4. The molecule has 1 atom stereocenters. The Kier molecular flexibility index (Phi) is 8.34. The van der Waals surface area contributed by atoms with E-state index in [1.54, 1.807) is 48.4 Å². The molecule has 36 heavy (non-hydrogen) atoms. The molecule has 0 aliphatic carbocycles. The zero-order valence-corrected chi connectivity index (χ0v) is 20.4. The molecule has 1 aliphatic rings. The van der Waals surface area contributed by atoms with E-state index >= 15 is 0 Å². The standard InChI is InChI=1S/C29H31N3O4/c1-36-25-15-9-8-14-24(25)29(35)32-18-16-22(17-19-32)26(31-27(33)23-12-6-3-7-13-23)28(34)30-20-21-10-4-2-5-11-21/h2-15,22,26H,16-20H2,1H3,(H,30,34)(H,31,33)/t26-/m1/s1. The van der Waals surface area contributed by atoms with E-state index in [1.165, 1.54) is 0 Å². The minimum Gasteiger partial charge on any atom is -0.496 e. The van der Waals surface area contributed by atoms with E-state index in [0.29, 0.717) is 49.4 Å². The Balaban J connectivity index is 1.45. The van der Waals surface area contributed by atoms with Gasteiger partial charge in [0.1, 0.15) is 11.8 Å². The summed E-state index contributed by atoms with van der Waals surface area (Å²) in [6.07, 6.45) is 1.19. The zero-order chi connectivity index (χ0) is 25.3. The van der Waals surface area contributed by atoms with Gasteiger partial charge in [-0.1, -0.05) is 60.7 Å². The lowest BCUT2D eigenvalue weighted by atomic mass is 9.88. The number of benzene rings is 3. The molecule has 7 nitrogen and oxygen atoms in total. The normalized spacial score (nSPS) is 14.5. The van der Waals surface area contributed by atoms with Crippen LogP contribution in [0.25, 0.3) is 0 Å². The van der Waals surface area contributed by atoms with Crippen LogP contribution >= 0.6 is 0 Å². The Labute approximate surface area is 211 Å². The third-order valence-corrected chi connectivity index (χ3v) is 6.55. The summed E-state index contributed by atoms with van der Waals surface area (Å²) in [5.74, 6) is -0.169. The molecule has 0 aromatic heterocycles. The topological polar surface area (TPSA) is 87.7 Å². The molecule has 1 saturated heterocycles. The molecule has 2 N–H and O–H groups in total. The first kappa shape index (κ1) is 25.0. The Hall–Kier alpha value is -4.13. The fourth-order valence-electron chi connectivity index (χ4n) is 4.53. The summed E-state index contributed by atoms with van der Waals surface area (Å²) in [4.78, 5) is 41.1. The third kappa shape index (κ3) is 6.10. The second-order valence-electron chi connectivity index (χ2n) is 8.85. The lowest BCUT2D eigenvalue weighted by Crippen LogP contribution is -2.53. The first-order chi connectivity index (χ1) is 17.6. The molecule has 3 aromatic carbocycles. The second kappa shape index (κ2) is 12.0. The van der Waals surface area contributed by atoms with Gasteiger partial charge in [-0.05, 0) is 48.6 Å². The van der Waals surface area contributed by atoms with E-state index in [9.17, 15) is 14.4 Å². The van der Waals surface area contributed by atoms with Crippen LogP contribution in [0.15, 0.2) is 84.9 Å². The summed E-state index contributed by atoms with van der Waals surface area (Å²) in [5, 5.41) is 5.94. The molecule has 186 valence electrons.